The second-order valence-corrected chi connectivity index (χ2v) is 18.0. The van der Waals surface area contributed by atoms with Gasteiger partial charge in [0.15, 0.2) is 0 Å². The number of nitrogen functional groups attached to an aromatic ring is 1. The Hall–Kier alpha value is -0.786. The van der Waals surface area contributed by atoms with Crippen molar-refractivity contribution < 1.29 is 4.48 Å². The molecule has 0 amide bonds. The van der Waals surface area contributed by atoms with E-state index in [1.165, 1.54) is 23.2 Å². The van der Waals surface area contributed by atoms with Gasteiger partial charge in [-0.25, -0.2) is 0 Å². The molecule has 2 rings (SSSR count). The molecule has 157 valence electrons. The van der Waals surface area contributed by atoms with Gasteiger partial charge >= 0.3 is 0 Å². The van der Waals surface area contributed by atoms with E-state index in [0.29, 0.717) is 17.1 Å². The second kappa shape index (κ2) is 7.80. The van der Waals surface area contributed by atoms with Crippen LogP contribution < -0.4 is 10.6 Å². The topological polar surface area (TPSA) is 29.3 Å². The zero-order chi connectivity index (χ0) is 21.7. The van der Waals surface area contributed by atoms with Gasteiger partial charge in [0, 0.05) is 34.6 Å². The van der Waals surface area contributed by atoms with E-state index in [0.717, 1.165) is 23.3 Å². The fourth-order valence-electron chi connectivity index (χ4n) is 4.04. The van der Waals surface area contributed by atoms with Crippen molar-refractivity contribution in [2.24, 2.45) is 0 Å². The number of benzene rings is 1. The van der Waals surface area contributed by atoms with Crippen LogP contribution in [0.3, 0.4) is 0 Å². The van der Waals surface area contributed by atoms with Crippen LogP contribution in [0, 0.1) is 0 Å². The van der Waals surface area contributed by atoms with Crippen molar-refractivity contribution in [3.05, 3.63) is 23.3 Å². The number of anilines is 2. The average Bonchev–Trinajstić information content (AvgIpc) is 3.03. The minimum absolute atomic E-state index is 0.0237. The fourth-order valence-corrected chi connectivity index (χ4v) is 5.37. The Morgan fingerprint density at radius 3 is 2.18 bits per heavy atom. The number of rotatable bonds is 6. The lowest BCUT2D eigenvalue weighted by Crippen LogP contribution is -2.46. The summed E-state index contributed by atoms with van der Waals surface area (Å²) in [4.78, 5) is 2.59. The summed E-state index contributed by atoms with van der Waals surface area (Å²) < 4.78 is 1.03. The SMILES string of the molecule is CC([Si])C(C)(C)c1cc(N2CCC([N+](C)(C)C)C2)cc(C(C)[Si](C)(C)C)c1N. The van der Waals surface area contributed by atoms with E-state index >= 15 is 0 Å². The number of quaternary nitrogens is 1. The van der Waals surface area contributed by atoms with Gasteiger partial charge < -0.3 is 15.1 Å². The summed E-state index contributed by atoms with van der Waals surface area (Å²) >= 11 is 0. The van der Waals surface area contributed by atoms with Crippen molar-refractivity contribution in [1.82, 2.24) is 0 Å². The van der Waals surface area contributed by atoms with E-state index in [2.05, 4.69) is 95.8 Å². The quantitative estimate of drug-likeness (QED) is 0.410. The lowest BCUT2D eigenvalue weighted by molar-refractivity contribution is -0.893. The summed E-state index contributed by atoms with van der Waals surface area (Å²) in [5.41, 5.74) is 12.7. The first-order chi connectivity index (χ1) is 12.6. The van der Waals surface area contributed by atoms with Gasteiger partial charge in [-0.15, -0.1) is 0 Å². The minimum Gasteiger partial charge on any atom is -0.398 e. The average molecular weight is 418 g/mol. The van der Waals surface area contributed by atoms with Gasteiger partial charge in [-0.1, -0.05) is 47.3 Å². The maximum absolute atomic E-state index is 6.85. The van der Waals surface area contributed by atoms with Gasteiger partial charge in [0.1, 0.15) is 6.04 Å². The first-order valence-electron chi connectivity index (χ1n) is 10.8. The normalized spacial score (nSPS) is 21.1. The Morgan fingerprint density at radius 2 is 1.75 bits per heavy atom. The first kappa shape index (κ1) is 23.5. The molecule has 3 unspecified atom stereocenters. The monoisotopic (exact) mass is 417 g/mol. The number of nitrogens with zero attached hydrogens (tertiary/aromatic N) is 2. The van der Waals surface area contributed by atoms with Crippen molar-refractivity contribution >= 4 is 29.7 Å². The predicted molar refractivity (Wildman–Crippen MR) is 129 cm³/mol. The Morgan fingerprint density at radius 1 is 1.18 bits per heavy atom. The second-order valence-electron chi connectivity index (χ2n) is 11.5. The molecule has 0 spiro atoms. The van der Waals surface area contributed by atoms with Gasteiger partial charge in [-0.05, 0) is 39.8 Å². The third kappa shape index (κ3) is 4.68. The lowest BCUT2D eigenvalue weighted by Gasteiger charge is -2.36. The van der Waals surface area contributed by atoms with E-state index in [1.807, 2.05) is 0 Å². The summed E-state index contributed by atoms with van der Waals surface area (Å²) in [5.74, 6) is 0. The van der Waals surface area contributed by atoms with Gasteiger partial charge in [0.05, 0.1) is 35.8 Å². The van der Waals surface area contributed by atoms with Crippen molar-refractivity contribution in [2.45, 2.75) is 76.3 Å². The van der Waals surface area contributed by atoms with Crippen LogP contribution in [0.15, 0.2) is 12.1 Å². The molecule has 0 aromatic heterocycles. The Labute approximate surface area is 178 Å². The molecule has 1 aromatic carbocycles. The molecule has 1 heterocycles. The van der Waals surface area contributed by atoms with Crippen molar-refractivity contribution in [3.8, 4) is 0 Å². The molecule has 1 aromatic rings. The molecule has 0 saturated carbocycles. The Balaban J connectivity index is 2.58. The van der Waals surface area contributed by atoms with Gasteiger partial charge in [0.25, 0.3) is 0 Å². The van der Waals surface area contributed by atoms with Crippen molar-refractivity contribution in [1.29, 1.82) is 0 Å². The molecule has 2 N–H and O–H groups in total. The van der Waals surface area contributed by atoms with Gasteiger partial charge in [-0.2, -0.15) is 0 Å². The van der Waals surface area contributed by atoms with Crippen molar-refractivity contribution in [3.63, 3.8) is 0 Å². The molecule has 3 radical (unpaired) electrons. The highest BCUT2D eigenvalue weighted by atomic mass is 28.3. The lowest BCUT2D eigenvalue weighted by atomic mass is 9.79. The zero-order valence-corrected chi connectivity index (χ0v) is 22.0. The molecule has 5 heteroatoms. The highest BCUT2D eigenvalue weighted by molar-refractivity contribution is 6.77. The highest BCUT2D eigenvalue weighted by Crippen LogP contribution is 2.44. The fraction of sp³-hybridized carbons (Fsp3) is 0.739. The molecular formula is C23H43N3Si2+. The van der Waals surface area contributed by atoms with E-state index in [9.17, 15) is 0 Å². The Bertz CT molecular complexity index is 699. The van der Waals surface area contributed by atoms with E-state index in [-0.39, 0.29) is 5.41 Å². The van der Waals surface area contributed by atoms with Crippen molar-refractivity contribution in [2.75, 3.05) is 44.9 Å². The van der Waals surface area contributed by atoms with Crippen LogP contribution in [-0.2, 0) is 5.41 Å². The van der Waals surface area contributed by atoms with Crippen LogP contribution in [-0.4, -0.2) is 63.1 Å². The van der Waals surface area contributed by atoms with Crippen LogP contribution >= 0.6 is 0 Å². The third-order valence-electron chi connectivity index (χ3n) is 7.36. The van der Waals surface area contributed by atoms with Crippen LogP contribution in [0.1, 0.15) is 50.8 Å². The van der Waals surface area contributed by atoms with E-state index in [1.54, 1.807) is 0 Å². The molecule has 1 saturated heterocycles. The van der Waals surface area contributed by atoms with Gasteiger partial charge in [-0.3, -0.25) is 0 Å². The highest BCUT2D eigenvalue weighted by Gasteiger charge is 2.36. The third-order valence-corrected chi connectivity index (χ3v) is 11.0. The molecule has 0 bridgehead atoms. The van der Waals surface area contributed by atoms with Gasteiger partial charge in [0.2, 0.25) is 0 Å². The summed E-state index contributed by atoms with van der Waals surface area (Å²) in [5, 5.41) is 0. The Kier molecular flexibility index (Phi) is 6.55. The van der Waals surface area contributed by atoms with E-state index in [4.69, 9.17) is 5.73 Å². The number of nitrogens with two attached hydrogens (primary N) is 1. The minimum atomic E-state index is -1.36. The molecule has 0 aliphatic carbocycles. The molecule has 3 nitrogen and oxygen atoms in total. The predicted octanol–water partition coefficient (Wildman–Crippen LogP) is 4.79. The van der Waals surface area contributed by atoms with Crippen LogP contribution in [0.2, 0.25) is 25.2 Å². The maximum atomic E-state index is 6.85. The largest absolute Gasteiger partial charge is 0.398 e. The van der Waals surface area contributed by atoms with E-state index < -0.39 is 8.07 Å². The molecule has 1 aliphatic rings. The summed E-state index contributed by atoms with van der Waals surface area (Å²) in [6, 6.07) is 5.47. The summed E-state index contributed by atoms with van der Waals surface area (Å²) in [6.07, 6.45) is 1.25. The number of hydrogen-bond acceptors (Lipinski definition) is 2. The summed E-state index contributed by atoms with van der Waals surface area (Å²) in [6.45, 7) is 18.8. The molecular weight excluding hydrogens is 374 g/mol. The smallest absolute Gasteiger partial charge is 0.108 e. The molecule has 1 aliphatic heterocycles. The molecule has 28 heavy (non-hydrogen) atoms. The standard InChI is InChI=1S/C23H43N3Si2/c1-16(28(8,9)10)20-13-18(25-12-11-19(15-25)26(5,6)7)14-21(22(20)24)23(3,4)17(2)27/h13-14,16-17,19H,11-12,15,24H2,1-10H3/q+1. The zero-order valence-electron chi connectivity index (χ0n) is 20.0. The number of likely N-dealkylation sites (N-methyl/N-ethyl adjacent to an activating group) is 1. The van der Waals surface area contributed by atoms with Crippen LogP contribution in [0.5, 0.6) is 0 Å². The maximum Gasteiger partial charge on any atom is 0.108 e. The molecule has 1 fully saturated rings. The number of hydrogen-bond donors (Lipinski definition) is 1. The first-order valence-corrected chi connectivity index (χ1v) is 14.9. The van der Waals surface area contributed by atoms with Crippen LogP contribution in [0.25, 0.3) is 0 Å². The summed E-state index contributed by atoms with van der Waals surface area (Å²) in [7, 11) is 9.49. The molecule has 3 atom stereocenters. The van der Waals surface area contributed by atoms with Crippen LogP contribution in [0.4, 0.5) is 11.4 Å².